The van der Waals surface area contributed by atoms with Crippen LogP contribution in [0.4, 0.5) is 4.79 Å². The Morgan fingerprint density at radius 2 is 2.17 bits per heavy atom. The number of carbonyl (C=O) groups excluding carboxylic acids is 2. The highest BCUT2D eigenvalue weighted by molar-refractivity contribution is 7.99. The van der Waals surface area contributed by atoms with E-state index in [1.165, 1.54) is 10.5 Å². The maximum Gasteiger partial charge on any atom is 0.324 e. The van der Waals surface area contributed by atoms with Crippen molar-refractivity contribution in [2.75, 3.05) is 18.8 Å². The molecular formula is C16H18N4O3S. The SMILES string of the molecule is CC(Cc1nnc(SCC(=O)N2CCNC2=O)o1)c1ccccc1. The maximum atomic E-state index is 12.0. The summed E-state index contributed by atoms with van der Waals surface area (Å²) in [6, 6.07) is 9.77. The molecule has 1 aromatic heterocycles. The van der Waals surface area contributed by atoms with Gasteiger partial charge in [0.05, 0.1) is 5.75 Å². The summed E-state index contributed by atoms with van der Waals surface area (Å²) in [4.78, 5) is 24.6. The molecule has 3 rings (SSSR count). The first-order valence-electron chi connectivity index (χ1n) is 7.72. The van der Waals surface area contributed by atoms with Gasteiger partial charge < -0.3 is 9.73 Å². The molecule has 3 amide bonds. The van der Waals surface area contributed by atoms with Crippen LogP contribution in [0.2, 0.25) is 0 Å². The minimum atomic E-state index is -0.344. The summed E-state index contributed by atoms with van der Waals surface area (Å²) in [6.45, 7) is 3.00. The van der Waals surface area contributed by atoms with Crippen LogP contribution in [0.15, 0.2) is 40.0 Å². The minimum Gasteiger partial charge on any atom is -0.416 e. The third-order valence-corrected chi connectivity index (χ3v) is 4.58. The number of carbonyl (C=O) groups is 2. The highest BCUT2D eigenvalue weighted by Crippen LogP contribution is 2.22. The maximum absolute atomic E-state index is 12.0. The number of nitrogens with one attached hydrogen (secondary N) is 1. The molecule has 1 aliphatic heterocycles. The molecule has 0 spiro atoms. The van der Waals surface area contributed by atoms with Crippen molar-refractivity contribution in [1.29, 1.82) is 0 Å². The quantitative estimate of drug-likeness (QED) is 0.806. The van der Waals surface area contributed by atoms with Crippen molar-refractivity contribution < 1.29 is 14.0 Å². The van der Waals surface area contributed by atoms with Gasteiger partial charge in [0.15, 0.2) is 0 Å². The summed E-state index contributed by atoms with van der Waals surface area (Å²) >= 11 is 1.15. The van der Waals surface area contributed by atoms with E-state index >= 15 is 0 Å². The van der Waals surface area contributed by atoms with Crippen LogP contribution >= 0.6 is 11.8 Å². The van der Waals surface area contributed by atoms with Crippen LogP contribution < -0.4 is 5.32 Å². The topological polar surface area (TPSA) is 88.3 Å². The Kier molecular flexibility index (Phi) is 5.14. The van der Waals surface area contributed by atoms with Crippen molar-refractivity contribution in [3.8, 4) is 0 Å². The van der Waals surface area contributed by atoms with Gasteiger partial charge in [-0.1, -0.05) is 49.0 Å². The van der Waals surface area contributed by atoms with Crippen molar-refractivity contribution in [3.63, 3.8) is 0 Å². The zero-order valence-electron chi connectivity index (χ0n) is 13.3. The van der Waals surface area contributed by atoms with Gasteiger partial charge in [-0.25, -0.2) is 4.79 Å². The summed E-state index contributed by atoms with van der Waals surface area (Å²) in [7, 11) is 0. The Morgan fingerprint density at radius 3 is 2.88 bits per heavy atom. The molecule has 0 bridgehead atoms. The van der Waals surface area contributed by atoms with Gasteiger partial charge in [0.2, 0.25) is 11.8 Å². The molecule has 1 atom stereocenters. The molecule has 1 aromatic carbocycles. The molecule has 24 heavy (non-hydrogen) atoms. The van der Waals surface area contributed by atoms with E-state index in [9.17, 15) is 9.59 Å². The van der Waals surface area contributed by atoms with Gasteiger partial charge in [-0.2, -0.15) is 0 Å². The Bertz CT molecular complexity index is 719. The summed E-state index contributed by atoms with van der Waals surface area (Å²) in [5, 5.41) is 10.9. The Labute approximate surface area is 143 Å². The Hall–Kier alpha value is -2.35. The number of nitrogens with zero attached hydrogens (tertiary/aromatic N) is 3. The smallest absolute Gasteiger partial charge is 0.324 e. The van der Waals surface area contributed by atoms with Gasteiger partial charge in [-0.15, -0.1) is 10.2 Å². The minimum absolute atomic E-state index is 0.100. The van der Waals surface area contributed by atoms with Crippen LogP contribution in [0.25, 0.3) is 0 Å². The molecule has 0 saturated carbocycles. The average Bonchev–Trinajstić information content (AvgIpc) is 3.22. The second kappa shape index (κ2) is 7.48. The number of thioether (sulfide) groups is 1. The molecule has 1 N–H and O–H groups in total. The van der Waals surface area contributed by atoms with E-state index in [4.69, 9.17) is 4.42 Å². The van der Waals surface area contributed by atoms with Crippen molar-refractivity contribution in [1.82, 2.24) is 20.4 Å². The van der Waals surface area contributed by atoms with E-state index in [1.807, 2.05) is 18.2 Å². The summed E-state index contributed by atoms with van der Waals surface area (Å²) in [5.41, 5.74) is 1.21. The first-order valence-corrected chi connectivity index (χ1v) is 8.70. The number of rotatable bonds is 6. The van der Waals surface area contributed by atoms with Crippen LogP contribution in [0.1, 0.15) is 24.3 Å². The second-order valence-electron chi connectivity index (χ2n) is 5.54. The van der Waals surface area contributed by atoms with Crippen LogP contribution in [-0.4, -0.2) is 45.9 Å². The molecule has 7 nitrogen and oxygen atoms in total. The van der Waals surface area contributed by atoms with E-state index in [0.717, 1.165) is 11.8 Å². The van der Waals surface area contributed by atoms with Crippen molar-refractivity contribution in [2.45, 2.75) is 24.5 Å². The molecule has 2 aromatic rings. The fraction of sp³-hybridized carbons (Fsp3) is 0.375. The third-order valence-electron chi connectivity index (χ3n) is 3.77. The lowest BCUT2D eigenvalue weighted by Gasteiger charge is -2.10. The van der Waals surface area contributed by atoms with Crippen LogP contribution in [0.3, 0.4) is 0 Å². The fourth-order valence-corrected chi connectivity index (χ4v) is 3.11. The average molecular weight is 346 g/mol. The lowest BCUT2D eigenvalue weighted by Crippen LogP contribution is -2.35. The van der Waals surface area contributed by atoms with E-state index in [-0.39, 0.29) is 23.6 Å². The van der Waals surface area contributed by atoms with Crippen molar-refractivity contribution in [3.05, 3.63) is 41.8 Å². The predicted molar refractivity (Wildman–Crippen MR) is 88.7 cm³/mol. The van der Waals surface area contributed by atoms with E-state index in [0.29, 0.717) is 30.6 Å². The highest BCUT2D eigenvalue weighted by Gasteiger charge is 2.26. The summed E-state index contributed by atoms with van der Waals surface area (Å²) < 4.78 is 5.59. The first-order chi connectivity index (χ1) is 11.6. The van der Waals surface area contributed by atoms with Crippen LogP contribution in [0, 0.1) is 0 Å². The van der Waals surface area contributed by atoms with Crippen molar-refractivity contribution in [2.24, 2.45) is 0 Å². The zero-order chi connectivity index (χ0) is 16.9. The lowest BCUT2D eigenvalue weighted by atomic mass is 9.98. The molecule has 0 radical (unpaired) electrons. The molecule has 8 heteroatoms. The number of hydrogen-bond donors (Lipinski definition) is 1. The number of amides is 3. The molecule has 1 unspecified atom stereocenters. The van der Waals surface area contributed by atoms with Crippen LogP contribution in [0.5, 0.6) is 0 Å². The van der Waals surface area contributed by atoms with Gasteiger partial charge in [0.1, 0.15) is 0 Å². The van der Waals surface area contributed by atoms with Crippen molar-refractivity contribution >= 4 is 23.7 Å². The molecule has 1 saturated heterocycles. The van der Waals surface area contributed by atoms with E-state index in [2.05, 4.69) is 34.6 Å². The molecule has 2 heterocycles. The number of urea groups is 1. The molecule has 1 aliphatic rings. The standard InChI is InChI=1S/C16H18N4O3S/c1-11(12-5-3-2-4-6-12)9-13-18-19-16(23-13)24-10-14(21)20-8-7-17-15(20)22/h2-6,11H,7-10H2,1H3,(H,17,22). The van der Waals surface area contributed by atoms with E-state index in [1.54, 1.807) is 0 Å². The predicted octanol–water partition coefficient (Wildman–Crippen LogP) is 2.06. The van der Waals surface area contributed by atoms with Gasteiger partial charge >= 0.3 is 6.03 Å². The monoisotopic (exact) mass is 346 g/mol. The molecule has 126 valence electrons. The fourth-order valence-electron chi connectivity index (χ4n) is 2.45. The Balaban J connectivity index is 1.52. The van der Waals surface area contributed by atoms with Gasteiger partial charge in [-0.3, -0.25) is 9.69 Å². The van der Waals surface area contributed by atoms with E-state index < -0.39 is 0 Å². The lowest BCUT2D eigenvalue weighted by molar-refractivity contribution is -0.124. The zero-order valence-corrected chi connectivity index (χ0v) is 14.1. The van der Waals surface area contributed by atoms with Crippen LogP contribution in [-0.2, 0) is 11.2 Å². The molecule has 0 aliphatic carbocycles. The normalized spacial score (nSPS) is 15.4. The third kappa shape index (κ3) is 3.94. The number of aromatic nitrogens is 2. The van der Waals surface area contributed by atoms with Gasteiger partial charge in [0.25, 0.3) is 5.22 Å². The summed E-state index contributed by atoms with van der Waals surface area (Å²) in [5.74, 6) is 0.649. The first kappa shape index (κ1) is 16.5. The second-order valence-corrected chi connectivity index (χ2v) is 6.47. The van der Waals surface area contributed by atoms with Gasteiger partial charge in [-0.05, 0) is 11.5 Å². The van der Waals surface area contributed by atoms with Gasteiger partial charge in [0, 0.05) is 19.5 Å². The Morgan fingerprint density at radius 1 is 1.38 bits per heavy atom. The number of benzene rings is 1. The molecule has 1 fully saturated rings. The number of imide groups is 1. The summed E-state index contributed by atoms with van der Waals surface area (Å²) in [6.07, 6.45) is 0.639. The molecular weight excluding hydrogens is 328 g/mol. The highest BCUT2D eigenvalue weighted by atomic mass is 32.2. The largest absolute Gasteiger partial charge is 0.416 e. The number of hydrogen-bond acceptors (Lipinski definition) is 6.